The van der Waals surface area contributed by atoms with Crippen molar-refractivity contribution in [3.63, 3.8) is 0 Å². The summed E-state index contributed by atoms with van der Waals surface area (Å²) in [5, 5.41) is 18.7. The Morgan fingerprint density at radius 2 is 2.00 bits per heavy atom. The molecule has 31 heavy (non-hydrogen) atoms. The third-order valence-corrected chi connectivity index (χ3v) is 8.27. The lowest BCUT2D eigenvalue weighted by molar-refractivity contribution is -0.385. The summed E-state index contributed by atoms with van der Waals surface area (Å²) in [6.45, 7) is 6.89. The maximum atomic E-state index is 13.1. The maximum absolute atomic E-state index is 13.1. The summed E-state index contributed by atoms with van der Waals surface area (Å²) >= 11 is 1.61. The predicted molar refractivity (Wildman–Crippen MR) is 117 cm³/mol. The second-order valence-corrected chi connectivity index (χ2v) is 10.2. The van der Waals surface area contributed by atoms with Crippen molar-refractivity contribution in [2.75, 3.05) is 12.1 Å². The molecular weight excluding hydrogens is 418 g/mol. The van der Waals surface area contributed by atoms with Crippen LogP contribution in [0.5, 0.6) is 11.5 Å². The van der Waals surface area contributed by atoms with Gasteiger partial charge in [-0.15, -0.1) is 11.3 Å². The number of anilines is 1. The zero-order valence-corrected chi connectivity index (χ0v) is 18.6. The van der Waals surface area contributed by atoms with Crippen LogP contribution in [0.1, 0.15) is 66.1 Å². The average molecular weight is 444 g/mol. The van der Waals surface area contributed by atoms with Crippen LogP contribution in [0.25, 0.3) is 0 Å². The first kappa shape index (κ1) is 20.1. The van der Waals surface area contributed by atoms with Crippen molar-refractivity contribution in [2.45, 2.75) is 52.6 Å². The van der Waals surface area contributed by atoms with E-state index < -0.39 is 11.1 Å². The first-order valence-electron chi connectivity index (χ1n) is 10.6. The Kier molecular flexibility index (Phi) is 4.62. The van der Waals surface area contributed by atoms with E-state index in [9.17, 15) is 14.9 Å². The molecule has 0 radical (unpaired) electrons. The van der Waals surface area contributed by atoms with Crippen LogP contribution in [0.3, 0.4) is 0 Å². The second kappa shape index (κ2) is 7.12. The van der Waals surface area contributed by atoms with E-state index in [0.717, 1.165) is 36.2 Å². The number of nitro benzene ring substituents is 1. The molecule has 2 aromatic rings. The second-order valence-electron chi connectivity index (χ2n) is 9.06. The summed E-state index contributed by atoms with van der Waals surface area (Å²) in [5.74, 6) is 1.18. The molecule has 3 heterocycles. The molecule has 3 aliphatic rings. The van der Waals surface area contributed by atoms with Gasteiger partial charge in [0.25, 0.3) is 11.6 Å². The van der Waals surface area contributed by atoms with E-state index in [0.29, 0.717) is 28.5 Å². The molecule has 8 nitrogen and oxygen atoms in total. The number of ether oxygens (including phenoxy) is 2. The number of fused-ring (bicyclic) bond motifs is 4. The normalized spacial score (nSPS) is 21.7. The van der Waals surface area contributed by atoms with Crippen molar-refractivity contribution in [3.8, 4) is 11.5 Å². The molecule has 1 aromatic carbocycles. The third-order valence-electron chi connectivity index (χ3n) is 7.09. The van der Waals surface area contributed by atoms with Crippen LogP contribution in [0, 0.1) is 21.4 Å². The van der Waals surface area contributed by atoms with Gasteiger partial charge in [0.15, 0.2) is 11.5 Å². The van der Waals surface area contributed by atoms with Gasteiger partial charge in [0, 0.05) is 4.88 Å². The van der Waals surface area contributed by atoms with Gasteiger partial charge < -0.3 is 20.1 Å². The summed E-state index contributed by atoms with van der Waals surface area (Å²) in [5.41, 5.74) is 2.33. The van der Waals surface area contributed by atoms with Gasteiger partial charge in [-0.1, -0.05) is 27.2 Å². The van der Waals surface area contributed by atoms with Gasteiger partial charge in [-0.25, -0.2) is 0 Å². The maximum Gasteiger partial charge on any atom is 0.280 e. The third kappa shape index (κ3) is 3.22. The molecule has 1 aromatic heterocycles. The van der Waals surface area contributed by atoms with E-state index >= 15 is 0 Å². The number of benzene rings is 1. The lowest BCUT2D eigenvalue weighted by Gasteiger charge is -2.36. The molecule has 2 atom stereocenters. The molecule has 2 aliphatic heterocycles. The Balaban J connectivity index is 1.49. The number of thiophene rings is 1. The van der Waals surface area contributed by atoms with Gasteiger partial charge >= 0.3 is 0 Å². The summed E-state index contributed by atoms with van der Waals surface area (Å²) in [4.78, 5) is 25.6. The molecular formula is C22H25N3O5S. The lowest BCUT2D eigenvalue weighted by atomic mass is 9.69. The standard InChI is InChI=1S/C22H25N3O5S/c1-4-22(2,3)11-5-6-12-17(7-11)31-21-18(12)20(26)23-19(24-21)13-8-15-16(30-10-29-15)9-14(13)25(27)28/h8-9,11,19,24H,4-7,10H2,1-3H3,(H,23,26)/t11-,19+/m1/s1. The zero-order valence-electron chi connectivity index (χ0n) is 17.7. The van der Waals surface area contributed by atoms with E-state index in [2.05, 4.69) is 31.4 Å². The molecule has 0 saturated heterocycles. The SMILES string of the molecule is CCC(C)(C)[C@@H]1CCc2c(sc3c2C(=O)N[C@H](c2cc4c(cc2[N+](=O)[O-])OCO4)N3)C1. The molecule has 9 heteroatoms. The van der Waals surface area contributed by atoms with Gasteiger partial charge in [0.1, 0.15) is 11.2 Å². The molecule has 2 N–H and O–H groups in total. The highest BCUT2D eigenvalue weighted by atomic mass is 32.1. The summed E-state index contributed by atoms with van der Waals surface area (Å²) in [6.07, 6.45) is 3.34. The Morgan fingerprint density at radius 1 is 1.26 bits per heavy atom. The molecule has 164 valence electrons. The minimum absolute atomic E-state index is 0.0253. The van der Waals surface area contributed by atoms with Crippen LogP contribution in [0.2, 0.25) is 0 Å². The molecule has 5 rings (SSSR count). The van der Waals surface area contributed by atoms with Crippen molar-refractivity contribution >= 4 is 27.9 Å². The van der Waals surface area contributed by atoms with E-state index in [-0.39, 0.29) is 23.8 Å². The van der Waals surface area contributed by atoms with Crippen molar-refractivity contribution in [1.82, 2.24) is 5.32 Å². The lowest BCUT2D eigenvalue weighted by Crippen LogP contribution is -2.38. The van der Waals surface area contributed by atoms with Crippen LogP contribution in [0.15, 0.2) is 12.1 Å². The highest BCUT2D eigenvalue weighted by Crippen LogP contribution is 2.48. The number of nitrogens with one attached hydrogen (secondary N) is 2. The summed E-state index contributed by atoms with van der Waals surface area (Å²) < 4.78 is 10.7. The number of carbonyl (C=O) groups is 1. The van der Waals surface area contributed by atoms with E-state index in [1.54, 1.807) is 17.4 Å². The van der Waals surface area contributed by atoms with Crippen LogP contribution in [-0.2, 0) is 12.8 Å². The number of hydrogen-bond donors (Lipinski definition) is 2. The smallest absolute Gasteiger partial charge is 0.280 e. The van der Waals surface area contributed by atoms with Gasteiger partial charge in [-0.2, -0.15) is 0 Å². The van der Waals surface area contributed by atoms with Gasteiger partial charge in [-0.05, 0) is 42.2 Å². The molecule has 0 spiro atoms. The molecule has 0 fully saturated rings. The largest absolute Gasteiger partial charge is 0.454 e. The summed E-state index contributed by atoms with van der Waals surface area (Å²) in [7, 11) is 0. The molecule has 0 saturated carbocycles. The number of amides is 1. The quantitative estimate of drug-likeness (QED) is 0.521. The Labute approximate surface area is 184 Å². The van der Waals surface area contributed by atoms with Crippen LogP contribution >= 0.6 is 11.3 Å². The number of nitrogens with zero attached hydrogens (tertiary/aromatic N) is 1. The number of rotatable bonds is 4. The fourth-order valence-corrected chi connectivity index (χ4v) is 6.10. The minimum Gasteiger partial charge on any atom is -0.454 e. The Hall–Kier alpha value is -2.81. The van der Waals surface area contributed by atoms with Crippen LogP contribution < -0.4 is 20.1 Å². The first-order valence-corrected chi connectivity index (χ1v) is 11.4. The predicted octanol–water partition coefficient (Wildman–Crippen LogP) is 4.78. The first-order chi connectivity index (χ1) is 14.8. The van der Waals surface area contributed by atoms with Gasteiger partial charge in [0.05, 0.1) is 22.1 Å². The average Bonchev–Trinajstić information content (AvgIpc) is 3.35. The fourth-order valence-electron chi connectivity index (χ4n) is 4.75. The molecule has 0 unspecified atom stereocenters. The number of hydrogen-bond acceptors (Lipinski definition) is 7. The highest BCUT2D eigenvalue weighted by molar-refractivity contribution is 7.16. The van der Waals surface area contributed by atoms with Gasteiger partial charge in [-0.3, -0.25) is 14.9 Å². The van der Waals surface area contributed by atoms with Crippen molar-refractivity contribution in [3.05, 3.63) is 43.8 Å². The van der Waals surface area contributed by atoms with Crippen molar-refractivity contribution in [1.29, 1.82) is 0 Å². The van der Waals surface area contributed by atoms with Gasteiger partial charge in [0.2, 0.25) is 6.79 Å². The van der Waals surface area contributed by atoms with Crippen molar-refractivity contribution < 1.29 is 19.2 Å². The minimum atomic E-state index is -0.710. The van der Waals surface area contributed by atoms with Crippen LogP contribution in [-0.4, -0.2) is 17.6 Å². The zero-order chi connectivity index (χ0) is 21.9. The van der Waals surface area contributed by atoms with E-state index in [1.165, 1.54) is 10.9 Å². The van der Waals surface area contributed by atoms with E-state index in [1.807, 2.05) is 0 Å². The van der Waals surface area contributed by atoms with Crippen molar-refractivity contribution in [2.24, 2.45) is 11.3 Å². The molecule has 1 aliphatic carbocycles. The highest BCUT2D eigenvalue weighted by Gasteiger charge is 2.39. The van der Waals surface area contributed by atoms with Crippen LogP contribution in [0.4, 0.5) is 10.7 Å². The number of nitro groups is 1. The Bertz CT molecular complexity index is 1090. The Morgan fingerprint density at radius 3 is 2.71 bits per heavy atom. The molecule has 0 bridgehead atoms. The molecule has 1 amide bonds. The fraction of sp³-hybridized carbons (Fsp3) is 0.500. The van der Waals surface area contributed by atoms with E-state index in [4.69, 9.17) is 9.47 Å². The number of carbonyl (C=O) groups excluding carboxylic acids is 1. The topological polar surface area (TPSA) is 103 Å². The monoisotopic (exact) mass is 443 g/mol. The summed E-state index contributed by atoms with van der Waals surface area (Å²) in [6, 6.07) is 2.94.